The predicted octanol–water partition coefficient (Wildman–Crippen LogP) is 2.02. The van der Waals surface area contributed by atoms with Gasteiger partial charge in [0.2, 0.25) is 0 Å². The van der Waals surface area contributed by atoms with E-state index in [1.54, 1.807) is 6.07 Å². The first-order valence-electron chi connectivity index (χ1n) is 4.16. The molecule has 0 aromatic heterocycles. The molecule has 0 fully saturated rings. The number of aromatic hydroxyl groups is 1. The Bertz CT molecular complexity index is 318. The highest BCUT2D eigenvalue weighted by Crippen LogP contribution is 2.35. The molecule has 0 amide bonds. The van der Waals surface area contributed by atoms with Crippen molar-refractivity contribution in [1.29, 1.82) is 0 Å². The van der Waals surface area contributed by atoms with Gasteiger partial charge in [-0.25, -0.2) is 0 Å². The summed E-state index contributed by atoms with van der Waals surface area (Å²) in [6.07, 6.45) is 1.16. The summed E-state index contributed by atoms with van der Waals surface area (Å²) in [6.45, 7) is 3.96. The third-order valence-corrected chi connectivity index (χ3v) is 2.35. The van der Waals surface area contributed by atoms with Crippen molar-refractivity contribution in [1.82, 2.24) is 0 Å². The molecule has 2 nitrogen and oxygen atoms in total. The Morgan fingerprint density at radius 3 is 3.00 bits per heavy atom. The van der Waals surface area contributed by atoms with Gasteiger partial charge in [0.15, 0.2) is 0 Å². The van der Waals surface area contributed by atoms with Crippen LogP contribution in [0.4, 0.5) is 0 Å². The fraction of sp³-hybridized carbons (Fsp3) is 0.400. The zero-order valence-electron chi connectivity index (χ0n) is 7.29. The van der Waals surface area contributed by atoms with Crippen LogP contribution in [0.1, 0.15) is 18.1 Å². The molecule has 1 aliphatic heterocycles. The molecule has 0 saturated heterocycles. The van der Waals surface area contributed by atoms with Crippen molar-refractivity contribution >= 4 is 0 Å². The van der Waals surface area contributed by atoms with E-state index in [0.717, 1.165) is 23.3 Å². The molecule has 0 aliphatic carbocycles. The molecule has 1 aromatic rings. The summed E-state index contributed by atoms with van der Waals surface area (Å²) in [6, 6.07) is 3.52. The number of fused-ring (bicyclic) bond motifs is 1. The lowest BCUT2D eigenvalue weighted by Crippen LogP contribution is -2.05. The summed E-state index contributed by atoms with van der Waals surface area (Å²) in [4.78, 5) is 0. The molecule has 0 bridgehead atoms. The maximum Gasteiger partial charge on any atom is 0.123 e. The number of hydrogen-bond acceptors (Lipinski definition) is 2. The van der Waals surface area contributed by atoms with Gasteiger partial charge < -0.3 is 9.84 Å². The largest absolute Gasteiger partial charge is 0.508 e. The van der Waals surface area contributed by atoms with Crippen molar-refractivity contribution in [2.75, 3.05) is 0 Å². The first-order chi connectivity index (χ1) is 5.68. The molecule has 1 aliphatic rings. The lowest BCUT2D eigenvalue weighted by molar-refractivity contribution is 0.254. The summed E-state index contributed by atoms with van der Waals surface area (Å²) in [5.41, 5.74) is 2.11. The highest BCUT2D eigenvalue weighted by Gasteiger charge is 2.21. The van der Waals surface area contributed by atoms with Gasteiger partial charge in [0.1, 0.15) is 17.6 Å². The summed E-state index contributed by atoms with van der Waals surface area (Å²) in [5.74, 6) is 1.30. The van der Waals surface area contributed by atoms with Crippen LogP contribution >= 0.6 is 0 Å². The molecule has 1 heterocycles. The van der Waals surface area contributed by atoms with Crippen molar-refractivity contribution in [3.05, 3.63) is 23.3 Å². The summed E-state index contributed by atoms with van der Waals surface area (Å²) in [5, 5.41) is 9.41. The van der Waals surface area contributed by atoms with E-state index in [1.165, 1.54) is 0 Å². The Morgan fingerprint density at radius 2 is 2.25 bits per heavy atom. The molecule has 1 aromatic carbocycles. The topological polar surface area (TPSA) is 29.5 Å². The van der Waals surface area contributed by atoms with Crippen molar-refractivity contribution in [3.63, 3.8) is 0 Å². The van der Waals surface area contributed by atoms with Gasteiger partial charge in [0, 0.05) is 12.0 Å². The zero-order chi connectivity index (χ0) is 8.72. The third kappa shape index (κ3) is 0.951. The normalized spacial score (nSPS) is 20.3. The first kappa shape index (κ1) is 7.47. The van der Waals surface area contributed by atoms with Gasteiger partial charge in [-0.2, -0.15) is 0 Å². The van der Waals surface area contributed by atoms with Crippen LogP contribution in [-0.4, -0.2) is 11.2 Å². The van der Waals surface area contributed by atoms with Gasteiger partial charge in [-0.05, 0) is 31.5 Å². The monoisotopic (exact) mass is 164 g/mol. The minimum Gasteiger partial charge on any atom is -0.508 e. The number of ether oxygens (including phenoxy) is 1. The molecule has 1 unspecified atom stereocenters. The van der Waals surface area contributed by atoms with Crippen molar-refractivity contribution in [2.24, 2.45) is 0 Å². The molecule has 64 valence electrons. The number of hydrogen-bond donors (Lipinski definition) is 1. The molecule has 0 saturated carbocycles. The van der Waals surface area contributed by atoms with Crippen LogP contribution in [0.15, 0.2) is 12.1 Å². The van der Waals surface area contributed by atoms with Gasteiger partial charge in [-0.1, -0.05) is 0 Å². The van der Waals surface area contributed by atoms with Gasteiger partial charge in [0.05, 0.1) is 0 Å². The quantitative estimate of drug-likeness (QED) is 0.635. The molecular weight excluding hydrogens is 152 g/mol. The zero-order valence-corrected chi connectivity index (χ0v) is 7.29. The predicted molar refractivity (Wildman–Crippen MR) is 46.6 cm³/mol. The lowest BCUT2D eigenvalue weighted by Gasteiger charge is -2.03. The Kier molecular flexibility index (Phi) is 1.50. The molecule has 2 rings (SSSR count). The van der Waals surface area contributed by atoms with E-state index in [-0.39, 0.29) is 6.10 Å². The maximum absolute atomic E-state index is 9.41. The average Bonchev–Trinajstić information content (AvgIpc) is 2.39. The summed E-state index contributed by atoms with van der Waals surface area (Å²) < 4.78 is 5.53. The molecule has 2 heteroatoms. The Labute approximate surface area is 71.8 Å². The molecule has 12 heavy (non-hydrogen) atoms. The van der Waals surface area contributed by atoms with E-state index < -0.39 is 0 Å². The van der Waals surface area contributed by atoms with E-state index in [9.17, 15) is 5.11 Å². The number of rotatable bonds is 0. The fourth-order valence-corrected chi connectivity index (χ4v) is 1.63. The van der Waals surface area contributed by atoms with E-state index in [1.807, 2.05) is 19.9 Å². The first-order valence-corrected chi connectivity index (χ1v) is 4.16. The van der Waals surface area contributed by atoms with Crippen LogP contribution in [0, 0.1) is 6.92 Å². The second kappa shape index (κ2) is 2.41. The molecular formula is C10H12O2. The summed E-state index contributed by atoms with van der Waals surface area (Å²) in [7, 11) is 0. The number of benzene rings is 1. The van der Waals surface area contributed by atoms with Gasteiger partial charge >= 0.3 is 0 Å². The van der Waals surface area contributed by atoms with Gasteiger partial charge in [-0.3, -0.25) is 0 Å². The lowest BCUT2D eigenvalue weighted by atomic mass is 10.0. The maximum atomic E-state index is 9.41. The molecule has 1 N–H and O–H groups in total. The van der Waals surface area contributed by atoms with E-state index in [2.05, 4.69) is 0 Å². The SMILES string of the molecule is Cc1c(O)ccc2c1CC(C)O2. The molecule has 0 radical (unpaired) electrons. The van der Waals surface area contributed by atoms with Crippen molar-refractivity contribution in [3.8, 4) is 11.5 Å². The summed E-state index contributed by atoms with van der Waals surface area (Å²) >= 11 is 0. The molecule has 0 spiro atoms. The van der Waals surface area contributed by atoms with Crippen LogP contribution in [0.25, 0.3) is 0 Å². The van der Waals surface area contributed by atoms with Crippen molar-refractivity contribution in [2.45, 2.75) is 26.4 Å². The van der Waals surface area contributed by atoms with Crippen LogP contribution in [0.5, 0.6) is 11.5 Å². The number of phenolic OH excluding ortho intramolecular Hbond substituents is 1. The average molecular weight is 164 g/mol. The van der Waals surface area contributed by atoms with Crippen LogP contribution in [0.2, 0.25) is 0 Å². The smallest absolute Gasteiger partial charge is 0.123 e. The standard InChI is InChI=1S/C10H12O2/c1-6-5-8-7(2)9(11)3-4-10(8)12-6/h3-4,6,11H,5H2,1-2H3. The van der Waals surface area contributed by atoms with Gasteiger partial charge in [-0.15, -0.1) is 0 Å². The third-order valence-electron chi connectivity index (χ3n) is 2.35. The number of phenols is 1. The fourth-order valence-electron chi connectivity index (χ4n) is 1.63. The Balaban J connectivity index is 2.54. The van der Waals surface area contributed by atoms with Crippen molar-refractivity contribution < 1.29 is 9.84 Å². The van der Waals surface area contributed by atoms with Crippen LogP contribution in [-0.2, 0) is 6.42 Å². The second-order valence-electron chi connectivity index (χ2n) is 3.32. The highest BCUT2D eigenvalue weighted by molar-refractivity contribution is 5.49. The van der Waals surface area contributed by atoms with Crippen LogP contribution < -0.4 is 4.74 Å². The molecule has 1 atom stereocenters. The van der Waals surface area contributed by atoms with Gasteiger partial charge in [0.25, 0.3) is 0 Å². The van der Waals surface area contributed by atoms with Crippen LogP contribution in [0.3, 0.4) is 0 Å². The van der Waals surface area contributed by atoms with E-state index >= 15 is 0 Å². The van der Waals surface area contributed by atoms with E-state index in [0.29, 0.717) is 5.75 Å². The van der Waals surface area contributed by atoms with E-state index in [4.69, 9.17) is 4.74 Å². The Hall–Kier alpha value is -1.18. The second-order valence-corrected chi connectivity index (χ2v) is 3.32. The minimum absolute atomic E-state index is 0.250. The minimum atomic E-state index is 0.250. The Morgan fingerprint density at radius 1 is 1.50 bits per heavy atom. The highest BCUT2D eigenvalue weighted by atomic mass is 16.5.